The van der Waals surface area contributed by atoms with Crippen molar-refractivity contribution in [1.82, 2.24) is 9.88 Å². The average molecular weight is 384 g/mol. The van der Waals surface area contributed by atoms with Gasteiger partial charge in [-0.3, -0.25) is 4.79 Å². The van der Waals surface area contributed by atoms with E-state index in [0.29, 0.717) is 5.76 Å². The van der Waals surface area contributed by atoms with Gasteiger partial charge in [0.2, 0.25) is 0 Å². The number of benzene rings is 2. The van der Waals surface area contributed by atoms with Gasteiger partial charge in [0.15, 0.2) is 0 Å². The van der Waals surface area contributed by atoms with E-state index in [1.807, 2.05) is 30.3 Å². The number of nitrogens with zero attached hydrogens (tertiary/aromatic N) is 2. The molecule has 0 aliphatic rings. The molecule has 0 saturated heterocycles. The lowest BCUT2D eigenvalue weighted by atomic mass is 10.1. The molecule has 4 aromatic rings. The van der Waals surface area contributed by atoms with Crippen molar-refractivity contribution < 1.29 is 9.21 Å². The number of nitriles is 1. The Kier molecular flexibility index (Phi) is 5.04. The highest BCUT2D eigenvalue weighted by Gasteiger charge is 2.11. The van der Waals surface area contributed by atoms with Crippen LogP contribution in [-0.4, -0.2) is 10.5 Å². The van der Waals surface area contributed by atoms with E-state index in [1.165, 1.54) is 23.4 Å². The Bertz CT molecular complexity index is 1240. The molecule has 0 saturated carbocycles. The van der Waals surface area contributed by atoms with Crippen molar-refractivity contribution in [2.45, 2.75) is 20.0 Å². The molecule has 0 aliphatic heterocycles. The summed E-state index contributed by atoms with van der Waals surface area (Å²) in [6.07, 6.45) is 2.97. The van der Waals surface area contributed by atoms with Crippen LogP contribution in [0.2, 0.25) is 0 Å². The van der Waals surface area contributed by atoms with Crippen LogP contribution in [0.5, 0.6) is 0 Å². The topological polar surface area (TPSA) is 83.0 Å². The van der Waals surface area contributed by atoms with E-state index in [1.54, 1.807) is 12.1 Å². The Morgan fingerprint density at radius 2 is 1.97 bits per heavy atom. The van der Waals surface area contributed by atoms with E-state index in [9.17, 15) is 10.1 Å². The zero-order valence-corrected chi connectivity index (χ0v) is 16.0. The molecule has 6 nitrogen and oxygen atoms in total. The highest BCUT2D eigenvalue weighted by Crippen LogP contribution is 2.31. The number of anilines is 1. The van der Waals surface area contributed by atoms with Crippen molar-refractivity contribution in [1.29, 1.82) is 5.26 Å². The van der Waals surface area contributed by atoms with Crippen molar-refractivity contribution in [3.05, 3.63) is 78.4 Å². The molecule has 29 heavy (non-hydrogen) atoms. The number of hydrogen-bond acceptors (Lipinski definition) is 4. The number of aryl methyl sites for hydroxylation is 1. The van der Waals surface area contributed by atoms with Crippen molar-refractivity contribution in [2.24, 2.45) is 0 Å². The van der Waals surface area contributed by atoms with Crippen molar-refractivity contribution in [2.75, 3.05) is 5.32 Å². The Morgan fingerprint density at radius 3 is 2.72 bits per heavy atom. The Morgan fingerprint density at radius 1 is 1.14 bits per heavy atom. The number of amides is 1. The number of para-hydroxylation sites is 1. The minimum Gasteiger partial charge on any atom is -0.467 e. The number of nitrogens with one attached hydrogen (secondary N) is 2. The maximum absolute atomic E-state index is 12.2. The first-order valence-electron chi connectivity index (χ1n) is 9.39. The van der Waals surface area contributed by atoms with Gasteiger partial charge >= 0.3 is 0 Å². The van der Waals surface area contributed by atoms with Crippen LogP contribution >= 0.6 is 0 Å². The number of carbonyl (C=O) groups excluding carboxylic acids is 1. The van der Waals surface area contributed by atoms with E-state index in [0.717, 1.165) is 23.1 Å². The minimum atomic E-state index is -0.458. The number of furan rings is 1. The third-order valence-electron chi connectivity index (χ3n) is 4.84. The number of rotatable bonds is 6. The standard InChI is InChI=1S/C23H20N4O2/c1-2-27-21-8-4-3-7-19(21)20-12-17(9-10-22(20)27)25-14-16(13-24)23(28)26-15-18-6-5-11-29-18/h3-12,14,25H,2,15H2,1H3,(H,26,28)/b16-14-. The lowest BCUT2D eigenvalue weighted by molar-refractivity contribution is -0.117. The second-order valence-electron chi connectivity index (χ2n) is 6.57. The number of carbonyl (C=O) groups is 1. The molecule has 0 unspecified atom stereocenters. The molecule has 0 spiro atoms. The molecule has 2 N–H and O–H groups in total. The summed E-state index contributed by atoms with van der Waals surface area (Å²) in [5, 5.41) is 17.4. The summed E-state index contributed by atoms with van der Waals surface area (Å²) in [7, 11) is 0. The Balaban J connectivity index is 1.57. The summed E-state index contributed by atoms with van der Waals surface area (Å²) < 4.78 is 7.45. The third-order valence-corrected chi connectivity index (χ3v) is 4.84. The Labute approximate surface area is 168 Å². The van der Waals surface area contributed by atoms with E-state index < -0.39 is 5.91 Å². The van der Waals surface area contributed by atoms with Crippen LogP contribution in [0.1, 0.15) is 12.7 Å². The average Bonchev–Trinajstić information content (AvgIpc) is 3.38. The van der Waals surface area contributed by atoms with Gasteiger partial charge in [-0.2, -0.15) is 5.26 Å². The predicted molar refractivity (Wildman–Crippen MR) is 113 cm³/mol. The number of fused-ring (bicyclic) bond motifs is 3. The van der Waals surface area contributed by atoms with E-state index in [-0.39, 0.29) is 12.1 Å². The van der Waals surface area contributed by atoms with Gasteiger partial charge in [-0.25, -0.2) is 0 Å². The highest BCUT2D eigenvalue weighted by molar-refractivity contribution is 6.09. The van der Waals surface area contributed by atoms with Crippen molar-refractivity contribution in [3.63, 3.8) is 0 Å². The van der Waals surface area contributed by atoms with Gasteiger partial charge in [-0.05, 0) is 43.3 Å². The minimum absolute atomic E-state index is 0.00682. The van der Waals surface area contributed by atoms with Gasteiger partial charge in [0.25, 0.3) is 5.91 Å². The summed E-state index contributed by atoms with van der Waals surface area (Å²) in [4.78, 5) is 12.2. The molecule has 2 aromatic heterocycles. The fourth-order valence-corrected chi connectivity index (χ4v) is 3.46. The molecule has 0 atom stereocenters. The first-order valence-corrected chi connectivity index (χ1v) is 9.39. The van der Waals surface area contributed by atoms with Crippen molar-refractivity contribution in [3.8, 4) is 6.07 Å². The number of aromatic nitrogens is 1. The second-order valence-corrected chi connectivity index (χ2v) is 6.57. The first kappa shape index (κ1) is 18.4. The van der Waals surface area contributed by atoms with Gasteiger partial charge in [0.05, 0.1) is 12.8 Å². The molecule has 1 amide bonds. The molecule has 0 fully saturated rings. The van der Waals surface area contributed by atoms with Crippen LogP contribution in [0.3, 0.4) is 0 Å². The smallest absolute Gasteiger partial charge is 0.263 e. The highest BCUT2D eigenvalue weighted by atomic mass is 16.3. The second kappa shape index (κ2) is 7.95. The lowest BCUT2D eigenvalue weighted by Gasteiger charge is -2.06. The fraction of sp³-hybridized carbons (Fsp3) is 0.130. The van der Waals surface area contributed by atoms with E-state index >= 15 is 0 Å². The van der Waals surface area contributed by atoms with E-state index in [2.05, 4.69) is 40.3 Å². The molecule has 6 heteroatoms. The third kappa shape index (κ3) is 3.58. The van der Waals surface area contributed by atoms with Crippen LogP contribution in [0.4, 0.5) is 5.69 Å². The fourth-order valence-electron chi connectivity index (χ4n) is 3.46. The molecule has 0 bridgehead atoms. The maximum atomic E-state index is 12.2. The lowest BCUT2D eigenvalue weighted by Crippen LogP contribution is -2.24. The summed E-state index contributed by atoms with van der Waals surface area (Å²) >= 11 is 0. The van der Waals surface area contributed by atoms with Crippen LogP contribution < -0.4 is 10.6 Å². The summed E-state index contributed by atoms with van der Waals surface area (Å²) in [6, 6.07) is 19.8. The van der Waals surface area contributed by atoms with E-state index in [4.69, 9.17) is 4.42 Å². The zero-order valence-electron chi connectivity index (χ0n) is 16.0. The van der Waals surface area contributed by atoms with Gasteiger partial charge in [-0.15, -0.1) is 0 Å². The van der Waals surface area contributed by atoms with Gasteiger partial charge in [-0.1, -0.05) is 18.2 Å². The molecule has 0 radical (unpaired) electrons. The monoisotopic (exact) mass is 384 g/mol. The molecule has 2 heterocycles. The van der Waals surface area contributed by atoms with Gasteiger partial charge < -0.3 is 19.6 Å². The maximum Gasteiger partial charge on any atom is 0.263 e. The number of hydrogen-bond donors (Lipinski definition) is 2. The normalized spacial score (nSPS) is 11.5. The zero-order chi connectivity index (χ0) is 20.2. The molecule has 2 aromatic carbocycles. The Hall–Kier alpha value is -3.98. The summed E-state index contributed by atoms with van der Waals surface area (Å²) in [5.74, 6) is 0.168. The van der Waals surface area contributed by atoms with Crippen LogP contribution in [0, 0.1) is 11.3 Å². The molecule has 0 aliphatic carbocycles. The SMILES string of the molecule is CCn1c2ccccc2c2cc(N/C=C(/C#N)C(=O)NCc3ccco3)ccc21. The first-order chi connectivity index (χ1) is 14.2. The van der Waals surface area contributed by atoms with Gasteiger partial charge in [0, 0.05) is 40.2 Å². The quantitative estimate of drug-likeness (QED) is 0.378. The van der Waals surface area contributed by atoms with Crippen LogP contribution in [0.25, 0.3) is 21.8 Å². The summed E-state index contributed by atoms with van der Waals surface area (Å²) in [5.41, 5.74) is 3.14. The van der Waals surface area contributed by atoms with Crippen LogP contribution in [-0.2, 0) is 17.9 Å². The molecular weight excluding hydrogens is 364 g/mol. The molecule has 144 valence electrons. The summed E-state index contributed by atoms with van der Waals surface area (Å²) in [6.45, 7) is 3.24. The predicted octanol–water partition coefficient (Wildman–Crippen LogP) is 4.54. The molecule has 4 rings (SSSR count). The molecular formula is C23H20N4O2. The largest absolute Gasteiger partial charge is 0.467 e. The van der Waals surface area contributed by atoms with Crippen LogP contribution in [0.15, 0.2) is 77.1 Å². The van der Waals surface area contributed by atoms with Crippen molar-refractivity contribution >= 4 is 33.4 Å². The van der Waals surface area contributed by atoms with Gasteiger partial charge in [0.1, 0.15) is 17.4 Å².